The minimum Gasteiger partial charge on any atom is -0.489 e. The van der Waals surface area contributed by atoms with Gasteiger partial charge in [0.15, 0.2) is 12.1 Å². The molecule has 0 aliphatic heterocycles. The molecule has 0 aliphatic rings. The Morgan fingerprint density at radius 3 is 2.19 bits per heavy atom. The summed E-state index contributed by atoms with van der Waals surface area (Å²) >= 11 is 0. The SMILES string of the molecule is CC(=O)c1ccccc1OCCOc1ccccc1C=O. The maximum absolute atomic E-state index is 11.5. The van der Waals surface area contributed by atoms with E-state index in [1.165, 1.54) is 6.92 Å². The van der Waals surface area contributed by atoms with E-state index < -0.39 is 0 Å². The fourth-order valence-electron chi connectivity index (χ4n) is 1.90. The van der Waals surface area contributed by atoms with Crippen LogP contribution in [0.25, 0.3) is 0 Å². The third kappa shape index (κ3) is 3.92. The quantitative estimate of drug-likeness (QED) is 0.445. The zero-order chi connectivity index (χ0) is 15.1. The first-order chi connectivity index (χ1) is 10.2. The molecule has 0 bridgehead atoms. The molecule has 0 unspecified atom stereocenters. The number of Topliss-reactive ketones (excluding diaryl/α,β-unsaturated/α-hetero) is 1. The number of aldehydes is 1. The van der Waals surface area contributed by atoms with Crippen LogP contribution in [-0.2, 0) is 0 Å². The van der Waals surface area contributed by atoms with Gasteiger partial charge in [0.25, 0.3) is 0 Å². The van der Waals surface area contributed by atoms with Gasteiger partial charge in [-0.15, -0.1) is 0 Å². The van der Waals surface area contributed by atoms with Crippen LogP contribution in [0.3, 0.4) is 0 Å². The van der Waals surface area contributed by atoms with Crippen molar-refractivity contribution in [1.82, 2.24) is 0 Å². The minimum absolute atomic E-state index is 0.0437. The predicted octanol–water partition coefficient (Wildman–Crippen LogP) is 3.16. The first kappa shape index (κ1) is 14.8. The normalized spacial score (nSPS) is 9.95. The van der Waals surface area contributed by atoms with Gasteiger partial charge in [-0.2, -0.15) is 0 Å². The molecule has 4 heteroatoms. The smallest absolute Gasteiger partial charge is 0.163 e. The average Bonchev–Trinajstić information content (AvgIpc) is 2.52. The van der Waals surface area contributed by atoms with Crippen molar-refractivity contribution in [2.24, 2.45) is 0 Å². The topological polar surface area (TPSA) is 52.6 Å². The summed E-state index contributed by atoms with van der Waals surface area (Å²) in [5.74, 6) is 1.02. The molecule has 21 heavy (non-hydrogen) atoms. The molecule has 0 saturated carbocycles. The van der Waals surface area contributed by atoms with Crippen molar-refractivity contribution in [2.45, 2.75) is 6.92 Å². The Kier molecular flexibility index (Phi) is 5.10. The average molecular weight is 284 g/mol. The minimum atomic E-state index is -0.0437. The van der Waals surface area contributed by atoms with Crippen LogP contribution in [0, 0.1) is 0 Å². The van der Waals surface area contributed by atoms with E-state index in [9.17, 15) is 9.59 Å². The van der Waals surface area contributed by atoms with E-state index in [-0.39, 0.29) is 19.0 Å². The third-order valence-electron chi connectivity index (χ3n) is 2.91. The van der Waals surface area contributed by atoms with Gasteiger partial charge in [-0.3, -0.25) is 9.59 Å². The molecule has 108 valence electrons. The van der Waals surface area contributed by atoms with Gasteiger partial charge in [0.1, 0.15) is 24.7 Å². The predicted molar refractivity (Wildman–Crippen MR) is 79.3 cm³/mol. The molecule has 0 fully saturated rings. The second-order valence-corrected chi connectivity index (χ2v) is 4.40. The largest absolute Gasteiger partial charge is 0.489 e. The molecule has 0 heterocycles. The Hall–Kier alpha value is -2.62. The van der Waals surface area contributed by atoms with Crippen molar-refractivity contribution in [3.63, 3.8) is 0 Å². The number of carbonyl (C=O) groups is 2. The van der Waals surface area contributed by atoms with Crippen LogP contribution in [0.15, 0.2) is 48.5 Å². The summed E-state index contributed by atoms with van der Waals surface area (Å²) in [6.07, 6.45) is 0.751. The zero-order valence-electron chi connectivity index (χ0n) is 11.7. The molecule has 4 nitrogen and oxygen atoms in total. The van der Waals surface area contributed by atoms with E-state index in [2.05, 4.69) is 0 Å². The summed E-state index contributed by atoms with van der Waals surface area (Å²) in [5, 5.41) is 0. The lowest BCUT2D eigenvalue weighted by molar-refractivity contribution is 0.101. The fraction of sp³-hybridized carbons (Fsp3) is 0.176. The molecule has 0 radical (unpaired) electrons. The molecule has 2 aromatic carbocycles. The second-order valence-electron chi connectivity index (χ2n) is 4.40. The van der Waals surface area contributed by atoms with Crippen LogP contribution in [0.5, 0.6) is 11.5 Å². The van der Waals surface area contributed by atoms with Crippen LogP contribution >= 0.6 is 0 Å². The van der Waals surface area contributed by atoms with Crippen LogP contribution in [0.2, 0.25) is 0 Å². The van der Waals surface area contributed by atoms with Crippen molar-refractivity contribution < 1.29 is 19.1 Å². The summed E-state index contributed by atoms with van der Waals surface area (Å²) in [6.45, 7) is 2.08. The van der Waals surface area contributed by atoms with E-state index in [4.69, 9.17) is 9.47 Å². The molecular formula is C17H16O4. The van der Waals surface area contributed by atoms with E-state index in [0.29, 0.717) is 22.6 Å². The van der Waals surface area contributed by atoms with Gasteiger partial charge in [-0.05, 0) is 31.2 Å². The highest BCUT2D eigenvalue weighted by molar-refractivity contribution is 5.96. The summed E-state index contributed by atoms with van der Waals surface area (Å²) < 4.78 is 11.1. The van der Waals surface area contributed by atoms with Crippen molar-refractivity contribution in [3.8, 4) is 11.5 Å². The van der Waals surface area contributed by atoms with Crippen molar-refractivity contribution in [1.29, 1.82) is 0 Å². The Bertz CT molecular complexity index is 634. The number of carbonyl (C=O) groups excluding carboxylic acids is 2. The number of benzene rings is 2. The molecule has 0 aliphatic carbocycles. The fourth-order valence-corrected chi connectivity index (χ4v) is 1.90. The van der Waals surface area contributed by atoms with Gasteiger partial charge < -0.3 is 9.47 Å². The van der Waals surface area contributed by atoms with Gasteiger partial charge in [-0.1, -0.05) is 24.3 Å². The number of para-hydroxylation sites is 2. The van der Waals surface area contributed by atoms with E-state index >= 15 is 0 Å². The first-order valence-electron chi connectivity index (χ1n) is 6.62. The van der Waals surface area contributed by atoms with Crippen LogP contribution in [0.4, 0.5) is 0 Å². The summed E-state index contributed by atoms with van der Waals surface area (Å²) in [4.78, 5) is 22.3. The molecule has 2 rings (SSSR count). The van der Waals surface area contributed by atoms with E-state index in [1.54, 1.807) is 42.5 Å². The summed E-state index contributed by atoms with van der Waals surface area (Å²) in [6, 6.07) is 14.1. The number of ketones is 1. The highest BCUT2D eigenvalue weighted by atomic mass is 16.5. The summed E-state index contributed by atoms with van der Waals surface area (Å²) in [5.41, 5.74) is 1.05. The number of hydrogen-bond acceptors (Lipinski definition) is 4. The van der Waals surface area contributed by atoms with Gasteiger partial charge in [0, 0.05) is 0 Å². The van der Waals surface area contributed by atoms with E-state index in [0.717, 1.165) is 6.29 Å². The van der Waals surface area contributed by atoms with Crippen LogP contribution < -0.4 is 9.47 Å². The highest BCUT2D eigenvalue weighted by Gasteiger charge is 2.07. The Labute approximate surface area is 123 Å². The molecule has 2 aromatic rings. The molecule has 0 aromatic heterocycles. The maximum Gasteiger partial charge on any atom is 0.163 e. The van der Waals surface area contributed by atoms with Gasteiger partial charge in [0.2, 0.25) is 0 Å². The molecule has 0 spiro atoms. The van der Waals surface area contributed by atoms with Crippen molar-refractivity contribution in [3.05, 3.63) is 59.7 Å². The number of rotatable bonds is 7. The van der Waals surface area contributed by atoms with Gasteiger partial charge in [0.05, 0.1) is 11.1 Å². The summed E-state index contributed by atoms with van der Waals surface area (Å²) in [7, 11) is 0. The van der Waals surface area contributed by atoms with Crippen molar-refractivity contribution >= 4 is 12.1 Å². The van der Waals surface area contributed by atoms with E-state index in [1.807, 2.05) is 6.07 Å². The molecule has 0 N–H and O–H groups in total. The van der Waals surface area contributed by atoms with Gasteiger partial charge >= 0.3 is 0 Å². The van der Waals surface area contributed by atoms with Crippen molar-refractivity contribution in [2.75, 3.05) is 13.2 Å². The lowest BCUT2D eigenvalue weighted by atomic mass is 10.1. The molecule has 0 atom stereocenters. The molecule has 0 saturated heterocycles. The third-order valence-corrected chi connectivity index (χ3v) is 2.91. The second kappa shape index (κ2) is 7.24. The lowest BCUT2D eigenvalue weighted by Crippen LogP contribution is -2.11. The Morgan fingerprint density at radius 1 is 0.952 bits per heavy atom. The molecule has 0 amide bonds. The monoisotopic (exact) mass is 284 g/mol. The zero-order valence-corrected chi connectivity index (χ0v) is 11.7. The number of ether oxygens (including phenoxy) is 2. The van der Waals surface area contributed by atoms with Crippen LogP contribution in [0.1, 0.15) is 27.6 Å². The number of hydrogen-bond donors (Lipinski definition) is 0. The standard InChI is InChI=1S/C17H16O4/c1-13(19)15-7-3-5-9-17(15)21-11-10-20-16-8-4-2-6-14(16)12-18/h2-9,12H,10-11H2,1H3. The lowest BCUT2D eigenvalue weighted by Gasteiger charge is -2.11. The Balaban J connectivity index is 1.91. The Morgan fingerprint density at radius 2 is 1.52 bits per heavy atom. The maximum atomic E-state index is 11.5. The van der Waals surface area contributed by atoms with Crippen LogP contribution in [-0.4, -0.2) is 25.3 Å². The first-order valence-corrected chi connectivity index (χ1v) is 6.62. The molecular weight excluding hydrogens is 268 g/mol. The highest BCUT2D eigenvalue weighted by Crippen LogP contribution is 2.19. The van der Waals surface area contributed by atoms with Gasteiger partial charge in [-0.25, -0.2) is 0 Å².